The van der Waals surface area contributed by atoms with Gasteiger partial charge < -0.3 is 22.9 Å². The van der Waals surface area contributed by atoms with E-state index in [0.717, 1.165) is 29.0 Å². The molecule has 288 valence electrons. The summed E-state index contributed by atoms with van der Waals surface area (Å²) in [5.74, 6) is -2.35. The van der Waals surface area contributed by atoms with Gasteiger partial charge in [0.05, 0.1) is 19.6 Å². The van der Waals surface area contributed by atoms with Crippen molar-refractivity contribution in [2.24, 2.45) is 32.9 Å². The number of nitrogens with zero attached hydrogens (tertiary/aromatic N) is 2. The number of carbonyl (C=O) groups is 2. The molecule has 0 unspecified atom stereocenters. The minimum atomic E-state index is -4.15. The number of hydrogen-bond donors (Lipinski definition) is 4. The molecule has 18 heteroatoms. The summed E-state index contributed by atoms with van der Waals surface area (Å²) in [5.41, 5.74) is 23.9. The number of aliphatic imine (C=N–C) groups is 2. The molecule has 0 spiro atoms. The van der Waals surface area contributed by atoms with Crippen molar-refractivity contribution < 1.29 is 34.8 Å². The Bertz CT molecular complexity index is 2510. The molecule has 4 aromatic rings. The number of carbonyl (C=O) groups excluding carboxylic acids is 2. The molecule has 0 aliphatic rings. The number of sulfone groups is 3. The molecule has 0 aliphatic carbocycles. The van der Waals surface area contributed by atoms with E-state index < -0.39 is 57.1 Å². The highest BCUT2D eigenvalue weighted by Crippen LogP contribution is 2.36. The van der Waals surface area contributed by atoms with Crippen molar-refractivity contribution in [3.05, 3.63) is 106 Å². The van der Waals surface area contributed by atoms with E-state index in [1.165, 1.54) is 36.0 Å². The zero-order valence-corrected chi connectivity index (χ0v) is 33.7. The van der Waals surface area contributed by atoms with Crippen LogP contribution in [0.2, 0.25) is 0 Å². The van der Waals surface area contributed by atoms with E-state index in [4.69, 9.17) is 22.9 Å². The van der Waals surface area contributed by atoms with E-state index in [2.05, 4.69) is 9.98 Å². The molecule has 0 radical (unpaired) electrons. The first kappa shape index (κ1) is 43.4. The van der Waals surface area contributed by atoms with Crippen LogP contribution in [-0.4, -0.2) is 61.5 Å². The van der Waals surface area contributed by atoms with E-state index in [9.17, 15) is 34.8 Å². The zero-order chi connectivity index (χ0) is 40.8. The molecule has 4 rings (SSSR count). The third-order valence-corrected chi connectivity index (χ3v) is 13.0. The molecule has 0 aromatic heterocycles. The van der Waals surface area contributed by atoms with E-state index in [1.54, 1.807) is 32.0 Å². The Labute approximate surface area is 319 Å². The Morgan fingerprint density at radius 1 is 0.611 bits per heavy atom. The molecule has 14 nitrogen and oxygen atoms in total. The van der Waals surface area contributed by atoms with Gasteiger partial charge in [0.2, 0.25) is 9.84 Å². The SMILES string of the molecule is CCc1cc(S(=O)(=O)c2cccc(C)c2)c(S(C)(=O)=O)cc1C(=O)N=C(N)N.CCc1cc(Sc2cccc(C)c2)c(S(C)(=O)=O)cc1C(=O)N=C(N)N. The van der Waals surface area contributed by atoms with Crippen LogP contribution in [0, 0.1) is 13.8 Å². The van der Waals surface area contributed by atoms with Gasteiger partial charge in [-0.2, -0.15) is 9.98 Å². The van der Waals surface area contributed by atoms with Gasteiger partial charge in [0.15, 0.2) is 31.6 Å². The Morgan fingerprint density at radius 2 is 1.07 bits per heavy atom. The number of benzene rings is 4. The van der Waals surface area contributed by atoms with Crippen LogP contribution in [0.15, 0.2) is 112 Å². The lowest BCUT2D eigenvalue weighted by Crippen LogP contribution is -2.24. The van der Waals surface area contributed by atoms with E-state index >= 15 is 0 Å². The maximum absolute atomic E-state index is 13.2. The predicted molar refractivity (Wildman–Crippen MR) is 210 cm³/mol. The van der Waals surface area contributed by atoms with Crippen molar-refractivity contribution in [2.45, 2.75) is 69.9 Å². The fourth-order valence-corrected chi connectivity index (χ4v) is 10.5. The lowest BCUT2D eigenvalue weighted by atomic mass is 10.0. The average molecular weight is 815 g/mol. The van der Waals surface area contributed by atoms with E-state index in [-0.39, 0.29) is 33.3 Å². The van der Waals surface area contributed by atoms with Crippen LogP contribution in [0.1, 0.15) is 56.8 Å². The van der Waals surface area contributed by atoms with Crippen LogP contribution < -0.4 is 22.9 Å². The number of hydrogen-bond acceptors (Lipinski definition) is 9. The molecule has 0 atom stereocenters. The molecule has 8 N–H and O–H groups in total. The van der Waals surface area contributed by atoms with Crippen molar-refractivity contribution in [1.29, 1.82) is 0 Å². The van der Waals surface area contributed by atoms with Gasteiger partial charge in [-0.15, -0.1) is 0 Å². The second-order valence-corrected chi connectivity index (χ2v) is 19.1. The van der Waals surface area contributed by atoms with Crippen molar-refractivity contribution in [3.8, 4) is 0 Å². The number of nitrogens with two attached hydrogens (primary N) is 4. The number of rotatable bonds is 10. The standard InChI is InChI=1S/C18H21N3O5S2.C18H21N3O3S2/c1-4-12-9-16(28(25,26)13-7-5-6-11(2)8-13)15(27(3,23)24)10-14(12)17(22)21-18(19)20;1-4-12-9-15(25-13-7-5-6-11(2)8-13)16(26(3,23)24)10-14(12)17(22)21-18(19)20/h5-10H,4H2,1-3H3,(H4,19,20,21,22);5-10H,4H2,1-3H3,(H4,19,20,21,22). The maximum atomic E-state index is 13.2. The summed E-state index contributed by atoms with van der Waals surface area (Å²) in [6.07, 6.45) is 2.79. The minimum absolute atomic E-state index is 0.0391. The molecular weight excluding hydrogens is 773 g/mol. The molecular formula is C36H42N6O8S4. The third-order valence-electron chi connectivity index (χ3n) is 7.63. The number of aryl methyl sites for hydroxylation is 4. The first-order valence-electron chi connectivity index (χ1n) is 16.1. The van der Waals surface area contributed by atoms with Crippen LogP contribution in [-0.2, 0) is 42.4 Å². The highest BCUT2D eigenvalue weighted by atomic mass is 32.2. The molecule has 0 fully saturated rings. The molecule has 0 bridgehead atoms. The largest absolute Gasteiger partial charge is 0.370 e. The molecule has 0 saturated carbocycles. The average Bonchev–Trinajstić information content (AvgIpc) is 3.06. The van der Waals surface area contributed by atoms with Crippen molar-refractivity contribution in [2.75, 3.05) is 12.5 Å². The maximum Gasteiger partial charge on any atom is 0.280 e. The first-order valence-corrected chi connectivity index (χ1v) is 22.2. The summed E-state index contributed by atoms with van der Waals surface area (Å²) in [4.78, 5) is 32.2. The highest BCUT2D eigenvalue weighted by Gasteiger charge is 2.29. The summed E-state index contributed by atoms with van der Waals surface area (Å²) in [6, 6.07) is 19.2. The van der Waals surface area contributed by atoms with Crippen molar-refractivity contribution in [1.82, 2.24) is 0 Å². The molecule has 0 heterocycles. The van der Waals surface area contributed by atoms with Gasteiger partial charge in [-0.3, -0.25) is 9.59 Å². The van der Waals surface area contributed by atoms with Gasteiger partial charge in [-0.25, -0.2) is 25.3 Å². The van der Waals surface area contributed by atoms with Crippen LogP contribution in [0.3, 0.4) is 0 Å². The third kappa shape index (κ3) is 11.0. The normalized spacial score (nSPS) is 11.5. The fourth-order valence-electron chi connectivity index (χ4n) is 5.13. The van der Waals surface area contributed by atoms with Gasteiger partial charge >= 0.3 is 0 Å². The van der Waals surface area contributed by atoms with E-state index in [1.807, 2.05) is 38.1 Å². The summed E-state index contributed by atoms with van der Waals surface area (Å²) in [5, 5.41) is 0. The number of guanidine groups is 2. The second kappa shape index (κ2) is 17.4. The second-order valence-electron chi connectivity index (χ2n) is 12.1. The van der Waals surface area contributed by atoms with Crippen LogP contribution >= 0.6 is 11.8 Å². The Balaban J connectivity index is 0.000000291. The summed E-state index contributed by atoms with van der Waals surface area (Å²) < 4.78 is 75.6. The smallest absolute Gasteiger partial charge is 0.280 e. The van der Waals surface area contributed by atoms with Crippen molar-refractivity contribution in [3.63, 3.8) is 0 Å². The van der Waals surface area contributed by atoms with Gasteiger partial charge in [0.1, 0.15) is 0 Å². The summed E-state index contributed by atoms with van der Waals surface area (Å²) in [7, 11) is -11.7. The van der Waals surface area contributed by atoms with Crippen LogP contribution in [0.4, 0.5) is 0 Å². The Morgan fingerprint density at radius 3 is 1.52 bits per heavy atom. The van der Waals surface area contributed by atoms with Gasteiger partial charge in [0, 0.05) is 33.4 Å². The topological polar surface area (TPSA) is 265 Å². The predicted octanol–water partition coefficient (Wildman–Crippen LogP) is 3.73. The van der Waals surface area contributed by atoms with E-state index in [0.29, 0.717) is 28.0 Å². The van der Waals surface area contributed by atoms with Crippen LogP contribution in [0.5, 0.6) is 0 Å². The van der Waals surface area contributed by atoms with Crippen LogP contribution in [0.25, 0.3) is 0 Å². The summed E-state index contributed by atoms with van der Waals surface area (Å²) in [6.45, 7) is 7.27. The Hall–Kier alpha value is -5.04. The first-order chi connectivity index (χ1) is 25.0. The Kier molecular flexibility index (Phi) is 14.0. The lowest BCUT2D eigenvalue weighted by molar-refractivity contribution is 0.0993. The minimum Gasteiger partial charge on any atom is -0.370 e. The molecule has 4 aromatic carbocycles. The molecule has 54 heavy (non-hydrogen) atoms. The molecule has 0 aliphatic heterocycles. The monoisotopic (exact) mass is 814 g/mol. The van der Waals surface area contributed by atoms with Gasteiger partial charge in [-0.1, -0.05) is 55.4 Å². The summed E-state index contributed by atoms with van der Waals surface area (Å²) >= 11 is 1.34. The van der Waals surface area contributed by atoms with Crippen molar-refractivity contribution >= 4 is 65.0 Å². The highest BCUT2D eigenvalue weighted by molar-refractivity contribution is 8.00. The fraction of sp³-hybridized carbons (Fsp3) is 0.222. The van der Waals surface area contributed by atoms with Gasteiger partial charge in [-0.05, 0) is 91.9 Å². The van der Waals surface area contributed by atoms with Gasteiger partial charge in [0.25, 0.3) is 11.8 Å². The molecule has 2 amide bonds. The zero-order valence-electron chi connectivity index (χ0n) is 30.4. The molecule has 0 saturated heterocycles. The lowest BCUT2D eigenvalue weighted by Gasteiger charge is -2.14. The number of amides is 2. The quantitative estimate of drug-likeness (QED) is 0.132.